The van der Waals surface area contributed by atoms with Crippen LogP contribution >= 0.6 is 0 Å². The summed E-state index contributed by atoms with van der Waals surface area (Å²) in [5, 5.41) is 9.38. The fraction of sp³-hybridized carbons (Fsp3) is 0.462. The molecule has 17 heavy (non-hydrogen) atoms. The first-order chi connectivity index (χ1) is 8.09. The second kappa shape index (κ2) is 4.85. The number of carbonyl (C=O) groups excluding carboxylic acids is 1. The Bertz CT molecular complexity index is 390. The second-order valence-corrected chi connectivity index (χ2v) is 4.56. The molecule has 4 heteroatoms. The van der Waals surface area contributed by atoms with Crippen molar-refractivity contribution in [2.45, 2.75) is 25.0 Å². The summed E-state index contributed by atoms with van der Waals surface area (Å²) in [5.41, 5.74) is -0.0428. The molecule has 1 unspecified atom stereocenters. The third-order valence-corrected chi connectivity index (χ3v) is 2.81. The molecule has 1 saturated heterocycles. The summed E-state index contributed by atoms with van der Waals surface area (Å²) < 4.78 is 10.6. The van der Waals surface area contributed by atoms with Crippen molar-refractivity contribution in [3.8, 4) is 0 Å². The Hall–Kier alpha value is -1.39. The van der Waals surface area contributed by atoms with Crippen LogP contribution in [0.1, 0.15) is 23.7 Å². The number of carbonyl (C=O) groups is 1. The Morgan fingerprint density at radius 1 is 1.53 bits per heavy atom. The maximum absolute atomic E-state index is 11.7. The van der Waals surface area contributed by atoms with Gasteiger partial charge in [0.15, 0.2) is 0 Å². The fourth-order valence-corrected chi connectivity index (χ4v) is 1.89. The molecular weight excluding hydrogens is 220 g/mol. The van der Waals surface area contributed by atoms with Crippen LogP contribution in [0, 0.1) is 0 Å². The number of aliphatic hydroxyl groups is 1. The predicted octanol–water partition coefficient (Wildman–Crippen LogP) is 1.38. The van der Waals surface area contributed by atoms with Crippen molar-refractivity contribution in [2.75, 3.05) is 13.2 Å². The number of hydrogen-bond acceptors (Lipinski definition) is 4. The highest BCUT2D eigenvalue weighted by atomic mass is 16.6. The third kappa shape index (κ3) is 3.05. The smallest absolute Gasteiger partial charge is 0.338 e. The first-order valence-corrected chi connectivity index (χ1v) is 5.63. The van der Waals surface area contributed by atoms with E-state index in [1.165, 1.54) is 0 Å². The summed E-state index contributed by atoms with van der Waals surface area (Å²) in [4.78, 5) is 11.7. The molecule has 1 aliphatic heterocycles. The van der Waals surface area contributed by atoms with Gasteiger partial charge in [-0.2, -0.15) is 0 Å². The van der Waals surface area contributed by atoms with Gasteiger partial charge in [0, 0.05) is 6.42 Å². The Balaban J connectivity index is 1.89. The quantitative estimate of drug-likeness (QED) is 0.806. The van der Waals surface area contributed by atoms with E-state index >= 15 is 0 Å². The lowest BCUT2D eigenvalue weighted by atomic mass is 10.0. The van der Waals surface area contributed by atoms with E-state index in [0.717, 1.165) is 0 Å². The highest BCUT2D eigenvalue weighted by molar-refractivity contribution is 5.89. The number of ether oxygens (including phenoxy) is 2. The van der Waals surface area contributed by atoms with Gasteiger partial charge >= 0.3 is 5.97 Å². The monoisotopic (exact) mass is 236 g/mol. The van der Waals surface area contributed by atoms with Gasteiger partial charge < -0.3 is 14.6 Å². The van der Waals surface area contributed by atoms with Crippen LogP contribution in [-0.4, -0.2) is 36.0 Å². The molecule has 4 nitrogen and oxygen atoms in total. The lowest BCUT2D eigenvalue weighted by Crippen LogP contribution is -2.31. The van der Waals surface area contributed by atoms with Crippen molar-refractivity contribution in [3.05, 3.63) is 35.9 Å². The minimum atomic E-state index is -0.566. The van der Waals surface area contributed by atoms with Gasteiger partial charge in [0.25, 0.3) is 0 Å². The molecule has 0 aliphatic carbocycles. The number of aliphatic hydroxyl groups excluding tert-OH is 1. The highest BCUT2D eigenvalue weighted by Crippen LogP contribution is 2.25. The first-order valence-electron chi connectivity index (χ1n) is 5.63. The topological polar surface area (TPSA) is 55.8 Å². The Kier molecular flexibility index (Phi) is 3.45. The van der Waals surface area contributed by atoms with E-state index < -0.39 is 11.7 Å². The zero-order valence-corrected chi connectivity index (χ0v) is 9.76. The molecule has 2 rings (SSSR count). The zero-order chi connectivity index (χ0) is 12.3. The SMILES string of the molecule is C[C@]1(COC(=O)c2ccccc2)CC(O)CO1. The van der Waals surface area contributed by atoms with Gasteiger partial charge in [0.2, 0.25) is 0 Å². The normalized spacial score (nSPS) is 28.0. The van der Waals surface area contributed by atoms with Crippen LogP contribution in [-0.2, 0) is 9.47 Å². The van der Waals surface area contributed by atoms with Crippen LogP contribution in [0.15, 0.2) is 30.3 Å². The van der Waals surface area contributed by atoms with Gasteiger partial charge in [-0.25, -0.2) is 4.79 Å². The first kappa shape index (κ1) is 12.1. The van der Waals surface area contributed by atoms with Gasteiger partial charge in [0.1, 0.15) is 12.2 Å². The van der Waals surface area contributed by atoms with Gasteiger partial charge in [0.05, 0.1) is 18.3 Å². The molecule has 0 radical (unpaired) electrons. The summed E-state index contributed by atoms with van der Waals surface area (Å²) in [5.74, 6) is -0.364. The fourth-order valence-electron chi connectivity index (χ4n) is 1.89. The molecule has 1 N–H and O–H groups in total. The molecule has 1 aliphatic rings. The molecule has 0 aromatic heterocycles. The van der Waals surface area contributed by atoms with Gasteiger partial charge in [-0.1, -0.05) is 18.2 Å². The average molecular weight is 236 g/mol. The van der Waals surface area contributed by atoms with E-state index in [2.05, 4.69) is 0 Å². The van der Waals surface area contributed by atoms with Crippen molar-refractivity contribution in [1.82, 2.24) is 0 Å². The minimum absolute atomic E-state index is 0.164. The largest absolute Gasteiger partial charge is 0.459 e. The summed E-state index contributed by atoms with van der Waals surface area (Å²) in [6.45, 7) is 2.30. The van der Waals surface area contributed by atoms with Crippen molar-refractivity contribution in [2.24, 2.45) is 0 Å². The van der Waals surface area contributed by atoms with Crippen LogP contribution < -0.4 is 0 Å². The van der Waals surface area contributed by atoms with Crippen LogP contribution in [0.25, 0.3) is 0 Å². The molecule has 1 aromatic carbocycles. The highest BCUT2D eigenvalue weighted by Gasteiger charge is 2.36. The number of esters is 1. The standard InChI is InChI=1S/C13H16O4/c1-13(7-11(14)8-17-13)9-16-12(15)10-5-3-2-4-6-10/h2-6,11,14H,7-9H2,1H3/t11?,13-/m1/s1. The van der Waals surface area contributed by atoms with Crippen molar-refractivity contribution >= 4 is 5.97 Å². The Morgan fingerprint density at radius 2 is 2.24 bits per heavy atom. The maximum Gasteiger partial charge on any atom is 0.338 e. The average Bonchev–Trinajstić information content (AvgIpc) is 2.68. The zero-order valence-electron chi connectivity index (χ0n) is 9.76. The van der Waals surface area contributed by atoms with Gasteiger partial charge in [-0.05, 0) is 19.1 Å². The van der Waals surface area contributed by atoms with Gasteiger partial charge in [-0.3, -0.25) is 0 Å². The minimum Gasteiger partial charge on any atom is -0.459 e. The Labute approximate surface area is 100 Å². The van der Waals surface area contributed by atoms with E-state index in [1.807, 2.05) is 13.0 Å². The van der Waals surface area contributed by atoms with Gasteiger partial charge in [-0.15, -0.1) is 0 Å². The molecule has 0 bridgehead atoms. The number of benzene rings is 1. The molecule has 1 fully saturated rings. The molecule has 0 amide bonds. The summed E-state index contributed by atoms with van der Waals surface area (Å²) in [6.07, 6.45) is 0.0325. The van der Waals surface area contributed by atoms with Crippen LogP contribution in [0.4, 0.5) is 0 Å². The van der Waals surface area contributed by atoms with E-state index in [4.69, 9.17) is 9.47 Å². The third-order valence-electron chi connectivity index (χ3n) is 2.81. The van der Waals surface area contributed by atoms with E-state index in [1.54, 1.807) is 24.3 Å². The molecule has 2 atom stereocenters. The molecule has 0 spiro atoms. The summed E-state index contributed by atoms with van der Waals surface area (Å²) in [6, 6.07) is 8.82. The van der Waals surface area contributed by atoms with Crippen molar-refractivity contribution in [1.29, 1.82) is 0 Å². The van der Waals surface area contributed by atoms with Crippen LogP contribution in [0.2, 0.25) is 0 Å². The van der Waals surface area contributed by atoms with E-state index in [0.29, 0.717) is 18.6 Å². The predicted molar refractivity (Wildman–Crippen MR) is 61.7 cm³/mol. The second-order valence-electron chi connectivity index (χ2n) is 4.56. The summed E-state index contributed by atoms with van der Waals surface area (Å²) in [7, 11) is 0. The Morgan fingerprint density at radius 3 is 2.82 bits per heavy atom. The lowest BCUT2D eigenvalue weighted by molar-refractivity contribution is -0.0386. The van der Waals surface area contributed by atoms with Crippen molar-refractivity contribution < 1.29 is 19.4 Å². The van der Waals surface area contributed by atoms with Crippen LogP contribution in [0.5, 0.6) is 0 Å². The number of rotatable bonds is 3. The molecule has 0 saturated carbocycles. The molecular formula is C13H16O4. The number of hydrogen-bond donors (Lipinski definition) is 1. The van der Waals surface area contributed by atoms with E-state index in [9.17, 15) is 9.90 Å². The van der Waals surface area contributed by atoms with Crippen LogP contribution in [0.3, 0.4) is 0 Å². The maximum atomic E-state index is 11.7. The lowest BCUT2D eigenvalue weighted by Gasteiger charge is -2.22. The molecule has 1 heterocycles. The summed E-state index contributed by atoms with van der Waals surface area (Å²) >= 11 is 0. The van der Waals surface area contributed by atoms with E-state index in [-0.39, 0.29) is 12.6 Å². The van der Waals surface area contributed by atoms with Crippen molar-refractivity contribution in [3.63, 3.8) is 0 Å². The molecule has 1 aromatic rings. The molecule has 92 valence electrons.